The quantitative estimate of drug-likeness (QED) is 0.869. The first-order valence-electron chi connectivity index (χ1n) is 5.19. The molecule has 1 aromatic carbocycles. The predicted octanol–water partition coefficient (Wildman–Crippen LogP) is 4.02. The third-order valence-electron chi connectivity index (χ3n) is 2.65. The number of benzene rings is 1. The summed E-state index contributed by atoms with van der Waals surface area (Å²) in [5.74, 6) is 0. The third-order valence-corrected chi connectivity index (χ3v) is 4.10. The summed E-state index contributed by atoms with van der Waals surface area (Å²) in [6.07, 6.45) is 0. The van der Waals surface area contributed by atoms with Gasteiger partial charge in [-0.05, 0) is 36.5 Å². The number of rotatable bonds is 3. The van der Waals surface area contributed by atoms with Gasteiger partial charge in [-0.1, -0.05) is 35.9 Å². The van der Waals surface area contributed by atoms with Gasteiger partial charge in [-0.3, -0.25) is 0 Å². The molecule has 1 aromatic heterocycles. The fourth-order valence-corrected chi connectivity index (χ4v) is 2.89. The largest absolute Gasteiger partial charge is 0.309 e. The summed E-state index contributed by atoms with van der Waals surface area (Å²) in [6, 6.07) is 10.5. The lowest BCUT2D eigenvalue weighted by molar-refractivity contribution is 0.703. The van der Waals surface area contributed by atoms with Crippen LogP contribution in [0.4, 0.5) is 0 Å². The normalized spacial score (nSPS) is 12.7. The molecule has 2 aromatic rings. The van der Waals surface area contributed by atoms with E-state index in [1.165, 1.54) is 4.88 Å². The number of hydrogen-bond acceptors (Lipinski definition) is 2. The van der Waals surface area contributed by atoms with Crippen LogP contribution in [0.3, 0.4) is 0 Å². The van der Waals surface area contributed by atoms with Crippen molar-refractivity contribution in [2.45, 2.75) is 13.0 Å². The molecule has 16 heavy (non-hydrogen) atoms. The van der Waals surface area contributed by atoms with E-state index in [1.807, 2.05) is 20.0 Å². The first-order valence-corrected chi connectivity index (χ1v) is 6.45. The highest BCUT2D eigenvalue weighted by Crippen LogP contribution is 2.32. The predicted molar refractivity (Wildman–Crippen MR) is 71.4 cm³/mol. The Morgan fingerprint density at radius 2 is 2.06 bits per heavy atom. The van der Waals surface area contributed by atoms with Gasteiger partial charge in [0.2, 0.25) is 0 Å². The van der Waals surface area contributed by atoms with Gasteiger partial charge in [0.1, 0.15) is 0 Å². The molecule has 0 saturated carbocycles. The molecule has 1 atom stereocenters. The maximum Gasteiger partial charge on any atom is 0.0683 e. The van der Waals surface area contributed by atoms with Gasteiger partial charge >= 0.3 is 0 Å². The second kappa shape index (κ2) is 5.00. The van der Waals surface area contributed by atoms with E-state index >= 15 is 0 Å². The lowest BCUT2D eigenvalue weighted by Gasteiger charge is -2.17. The molecule has 0 amide bonds. The molecule has 3 heteroatoms. The van der Waals surface area contributed by atoms with E-state index < -0.39 is 0 Å². The molecule has 1 N–H and O–H groups in total. The molecule has 0 aliphatic carbocycles. The summed E-state index contributed by atoms with van der Waals surface area (Å²) in [7, 11) is 1.96. The average Bonchev–Trinajstić information content (AvgIpc) is 2.79. The molecular weight excluding hydrogens is 238 g/mol. The van der Waals surface area contributed by atoms with E-state index in [1.54, 1.807) is 11.3 Å². The van der Waals surface area contributed by atoms with Crippen LogP contribution in [-0.2, 0) is 0 Å². The SMILES string of the molecule is CNC(c1cccs1)c1cccc(C)c1Cl. The lowest BCUT2D eigenvalue weighted by Crippen LogP contribution is -2.17. The minimum atomic E-state index is 0.187. The Balaban J connectivity index is 2.45. The Bertz CT molecular complexity index is 465. The van der Waals surface area contributed by atoms with Crippen molar-refractivity contribution in [1.82, 2.24) is 5.32 Å². The van der Waals surface area contributed by atoms with Crippen molar-refractivity contribution in [2.75, 3.05) is 7.05 Å². The molecule has 0 spiro atoms. The first-order chi connectivity index (χ1) is 7.74. The zero-order chi connectivity index (χ0) is 11.5. The summed E-state index contributed by atoms with van der Waals surface area (Å²) in [5, 5.41) is 6.26. The molecule has 0 fully saturated rings. The second-order valence-electron chi connectivity index (χ2n) is 3.72. The van der Waals surface area contributed by atoms with Gasteiger partial charge in [-0.2, -0.15) is 0 Å². The number of thiophene rings is 1. The zero-order valence-corrected chi connectivity index (χ0v) is 10.9. The molecule has 1 unspecified atom stereocenters. The van der Waals surface area contributed by atoms with E-state index in [-0.39, 0.29) is 6.04 Å². The van der Waals surface area contributed by atoms with E-state index in [0.717, 1.165) is 16.1 Å². The minimum Gasteiger partial charge on any atom is -0.309 e. The van der Waals surface area contributed by atoms with Crippen LogP contribution in [0.15, 0.2) is 35.7 Å². The Kier molecular flexibility index (Phi) is 3.64. The van der Waals surface area contributed by atoms with Crippen molar-refractivity contribution in [3.8, 4) is 0 Å². The molecule has 0 bridgehead atoms. The topological polar surface area (TPSA) is 12.0 Å². The van der Waals surface area contributed by atoms with Crippen LogP contribution in [0.1, 0.15) is 22.0 Å². The van der Waals surface area contributed by atoms with E-state index in [4.69, 9.17) is 11.6 Å². The second-order valence-corrected chi connectivity index (χ2v) is 5.07. The van der Waals surface area contributed by atoms with Crippen molar-refractivity contribution in [1.29, 1.82) is 0 Å². The number of hydrogen-bond donors (Lipinski definition) is 1. The van der Waals surface area contributed by atoms with Crippen molar-refractivity contribution < 1.29 is 0 Å². The van der Waals surface area contributed by atoms with Crippen LogP contribution in [0.25, 0.3) is 0 Å². The lowest BCUT2D eigenvalue weighted by atomic mass is 10.0. The Labute approximate surface area is 105 Å². The van der Waals surface area contributed by atoms with Crippen molar-refractivity contribution in [2.24, 2.45) is 0 Å². The molecule has 1 heterocycles. The highest BCUT2D eigenvalue weighted by atomic mass is 35.5. The van der Waals surface area contributed by atoms with Crippen LogP contribution < -0.4 is 5.32 Å². The van der Waals surface area contributed by atoms with Crippen molar-refractivity contribution in [3.63, 3.8) is 0 Å². The van der Waals surface area contributed by atoms with Gasteiger partial charge in [0.25, 0.3) is 0 Å². The molecule has 0 aliphatic heterocycles. The van der Waals surface area contributed by atoms with Crippen LogP contribution in [0.5, 0.6) is 0 Å². The third kappa shape index (κ3) is 2.14. The number of aryl methyl sites for hydroxylation is 1. The van der Waals surface area contributed by atoms with Gasteiger partial charge in [-0.25, -0.2) is 0 Å². The van der Waals surface area contributed by atoms with Gasteiger partial charge in [-0.15, -0.1) is 11.3 Å². The van der Waals surface area contributed by atoms with E-state index in [2.05, 4.69) is 35.0 Å². The Morgan fingerprint density at radius 3 is 2.69 bits per heavy atom. The van der Waals surface area contributed by atoms with Crippen molar-refractivity contribution in [3.05, 3.63) is 56.7 Å². The van der Waals surface area contributed by atoms with E-state index in [9.17, 15) is 0 Å². The van der Waals surface area contributed by atoms with Crippen LogP contribution in [-0.4, -0.2) is 7.05 Å². The van der Waals surface area contributed by atoms with Gasteiger partial charge in [0, 0.05) is 9.90 Å². The Hall–Kier alpha value is -0.830. The maximum atomic E-state index is 6.35. The summed E-state index contributed by atoms with van der Waals surface area (Å²) < 4.78 is 0. The number of nitrogens with one attached hydrogen (secondary N) is 1. The Morgan fingerprint density at radius 1 is 1.25 bits per heavy atom. The highest BCUT2D eigenvalue weighted by Gasteiger charge is 2.16. The highest BCUT2D eigenvalue weighted by molar-refractivity contribution is 7.10. The van der Waals surface area contributed by atoms with E-state index in [0.29, 0.717) is 0 Å². The average molecular weight is 252 g/mol. The fourth-order valence-electron chi connectivity index (χ4n) is 1.80. The van der Waals surface area contributed by atoms with Gasteiger partial charge in [0.05, 0.1) is 6.04 Å². The standard InChI is InChI=1S/C13H14ClNS/c1-9-5-3-6-10(12(9)14)13(15-2)11-7-4-8-16-11/h3-8,13,15H,1-2H3. The van der Waals surface area contributed by atoms with Gasteiger partial charge in [0.15, 0.2) is 0 Å². The minimum absolute atomic E-state index is 0.187. The molecule has 84 valence electrons. The molecular formula is C13H14ClNS. The molecule has 0 saturated heterocycles. The monoisotopic (exact) mass is 251 g/mol. The molecule has 2 rings (SSSR count). The molecule has 1 nitrogen and oxygen atoms in total. The summed E-state index contributed by atoms with van der Waals surface area (Å²) in [4.78, 5) is 1.29. The summed E-state index contributed by atoms with van der Waals surface area (Å²) >= 11 is 8.09. The van der Waals surface area contributed by atoms with Crippen molar-refractivity contribution >= 4 is 22.9 Å². The molecule has 0 aliphatic rings. The smallest absolute Gasteiger partial charge is 0.0683 e. The summed E-state index contributed by atoms with van der Waals surface area (Å²) in [5.41, 5.74) is 2.27. The zero-order valence-electron chi connectivity index (χ0n) is 9.33. The van der Waals surface area contributed by atoms with Crippen LogP contribution in [0, 0.1) is 6.92 Å². The maximum absolute atomic E-state index is 6.35. The fraction of sp³-hybridized carbons (Fsp3) is 0.231. The van der Waals surface area contributed by atoms with Crippen LogP contribution in [0.2, 0.25) is 5.02 Å². The molecule has 0 radical (unpaired) electrons. The number of halogens is 1. The summed E-state index contributed by atoms with van der Waals surface area (Å²) in [6.45, 7) is 2.03. The van der Waals surface area contributed by atoms with Gasteiger partial charge < -0.3 is 5.32 Å². The first kappa shape index (κ1) is 11.6. The van der Waals surface area contributed by atoms with Crippen LogP contribution >= 0.6 is 22.9 Å².